The van der Waals surface area contributed by atoms with Crippen LogP contribution >= 0.6 is 0 Å². The number of carbonyl (C=O) groups is 2. The lowest BCUT2D eigenvalue weighted by molar-refractivity contribution is -0.140. The number of hydrogen-bond acceptors (Lipinski definition) is 6. The number of unbranched alkanes of at least 4 members (excludes halogenated alkanes) is 2. The standard InChI is InChI=1S/C32H42N2O5/c1-6-10-11-21-39-25-14-12-24(13-15-25)29-28(31(36)32(37)34(29)19-18-33(8-3)9-4)30(35)27-17-16-26(22-23(27)5)38-20-7-2/h7,12-17,22,29,35H,2,6,8-11,18-21H2,1,3-5H3/b30-28+. The molecule has 0 aliphatic carbocycles. The van der Waals surface area contributed by atoms with Gasteiger partial charge in [0.15, 0.2) is 0 Å². The first-order chi connectivity index (χ1) is 18.9. The van der Waals surface area contributed by atoms with E-state index < -0.39 is 17.7 Å². The van der Waals surface area contributed by atoms with Gasteiger partial charge in [0.1, 0.15) is 23.9 Å². The summed E-state index contributed by atoms with van der Waals surface area (Å²) >= 11 is 0. The quantitative estimate of drug-likeness (QED) is 0.101. The molecule has 210 valence electrons. The van der Waals surface area contributed by atoms with Gasteiger partial charge < -0.3 is 24.4 Å². The lowest BCUT2D eigenvalue weighted by Crippen LogP contribution is -2.38. The van der Waals surface area contributed by atoms with E-state index in [-0.39, 0.29) is 11.3 Å². The van der Waals surface area contributed by atoms with Crippen molar-refractivity contribution in [2.24, 2.45) is 0 Å². The third-order valence-electron chi connectivity index (χ3n) is 7.12. The molecule has 1 aliphatic rings. The summed E-state index contributed by atoms with van der Waals surface area (Å²) < 4.78 is 11.5. The predicted molar refractivity (Wildman–Crippen MR) is 155 cm³/mol. The maximum Gasteiger partial charge on any atom is 0.295 e. The Kier molecular flexibility index (Phi) is 11.2. The molecule has 1 amide bonds. The summed E-state index contributed by atoms with van der Waals surface area (Å²) in [7, 11) is 0. The van der Waals surface area contributed by atoms with E-state index in [0.717, 1.165) is 49.2 Å². The highest BCUT2D eigenvalue weighted by atomic mass is 16.5. The summed E-state index contributed by atoms with van der Waals surface area (Å²) in [5, 5.41) is 11.5. The Balaban J connectivity index is 2.01. The monoisotopic (exact) mass is 534 g/mol. The van der Waals surface area contributed by atoms with Crippen LogP contribution in [0, 0.1) is 6.92 Å². The molecule has 0 spiro atoms. The predicted octanol–water partition coefficient (Wildman–Crippen LogP) is 5.89. The third-order valence-corrected chi connectivity index (χ3v) is 7.12. The number of benzene rings is 2. The maximum absolute atomic E-state index is 13.4. The molecule has 0 saturated carbocycles. The first kappa shape index (κ1) is 30.0. The second-order valence-electron chi connectivity index (χ2n) is 9.72. The number of Topliss-reactive ketones (excluding diaryl/α,β-unsaturated/α-hetero) is 1. The van der Waals surface area contributed by atoms with Crippen LogP contribution in [0.25, 0.3) is 5.76 Å². The van der Waals surface area contributed by atoms with Gasteiger partial charge in [-0.1, -0.05) is 58.4 Å². The van der Waals surface area contributed by atoms with Gasteiger partial charge in [-0.25, -0.2) is 0 Å². The number of aryl methyl sites for hydroxylation is 1. The summed E-state index contributed by atoms with van der Waals surface area (Å²) in [6.45, 7) is 15.5. The Morgan fingerprint density at radius 1 is 1.03 bits per heavy atom. The fraction of sp³-hybridized carbons (Fsp3) is 0.438. The van der Waals surface area contributed by atoms with Crippen LogP contribution in [0.1, 0.15) is 62.8 Å². The van der Waals surface area contributed by atoms with Crippen LogP contribution in [0.15, 0.2) is 60.7 Å². The van der Waals surface area contributed by atoms with Crippen molar-refractivity contribution in [3.63, 3.8) is 0 Å². The molecule has 3 rings (SSSR count). The van der Waals surface area contributed by atoms with Gasteiger partial charge in [-0.15, -0.1) is 0 Å². The van der Waals surface area contributed by atoms with Crippen molar-refractivity contribution in [2.75, 3.05) is 39.4 Å². The minimum atomic E-state index is -0.703. The summed E-state index contributed by atoms with van der Waals surface area (Å²) in [4.78, 5) is 30.5. The normalized spacial score (nSPS) is 16.6. The zero-order valence-corrected chi connectivity index (χ0v) is 23.7. The number of nitrogens with zero attached hydrogens (tertiary/aromatic N) is 2. The van der Waals surface area contributed by atoms with Crippen molar-refractivity contribution in [1.82, 2.24) is 9.80 Å². The van der Waals surface area contributed by atoms with Crippen LogP contribution in [0.3, 0.4) is 0 Å². The van der Waals surface area contributed by atoms with Crippen LogP contribution in [0.5, 0.6) is 11.5 Å². The smallest absolute Gasteiger partial charge is 0.295 e. The molecule has 1 N–H and O–H groups in total. The van der Waals surface area contributed by atoms with Crippen LogP contribution in [-0.2, 0) is 9.59 Å². The van der Waals surface area contributed by atoms with Gasteiger partial charge >= 0.3 is 0 Å². The number of hydrogen-bond donors (Lipinski definition) is 1. The lowest BCUT2D eigenvalue weighted by Gasteiger charge is -2.28. The third kappa shape index (κ3) is 7.30. The molecular formula is C32H42N2O5. The van der Waals surface area contributed by atoms with Crippen LogP contribution in [0.2, 0.25) is 0 Å². The van der Waals surface area contributed by atoms with Gasteiger partial charge in [0, 0.05) is 18.7 Å². The Morgan fingerprint density at radius 2 is 1.72 bits per heavy atom. The second-order valence-corrected chi connectivity index (χ2v) is 9.72. The second kappa shape index (κ2) is 14.5. The van der Waals surface area contributed by atoms with Gasteiger partial charge in [0.2, 0.25) is 0 Å². The van der Waals surface area contributed by atoms with E-state index in [0.29, 0.717) is 37.6 Å². The van der Waals surface area contributed by atoms with Gasteiger partial charge in [-0.3, -0.25) is 9.59 Å². The van der Waals surface area contributed by atoms with E-state index in [1.54, 1.807) is 29.2 Å². The molecular weight excluding hydrogens is 492 g/mol. The highest BCUT2D eigenvalue weighted by Gasteiger charge is 2.46. The van der Waals surface area contributed by atoms with Crippen molar-refractivity contribution in [3.8, 4) is 11.5 Å². The van der Waals surface area contributed by atoms with Gasteiger partial charge in [0.05, 0.1) is 18.2 Å². The van der Waals surface area contributed by atoms with Crippen molar-refractivity contribution in [1.29, 1.82) is 0 Å². The van der Waals surface area contributed by atoms with Gasteiger partial charge in [0.25, 0.3) is 11.7 Å². The molecule has 2 aromatic rings. The Bertz CT molecular complexity index is 1170. The molecule has 39 heavy (non-hydrogen) atoms. The Hall–Kier alpha value is -3.58. The Morgan fingerprint density at radius 3 is 2.33 bits per heavy atom. The molecule has 2 aromatic carbocycles. The van der Waals surface area contributed by atoms with Crippen molar-refractivity contribution in [3.05, 3.63) is 77.4 Å². The van der Waals surface area contributed by atoms with E-state index >= 15 is 0 Å². The lowest BCUT2D eigenvalue weighted by atomic mass is 9.94. The Labute approximate surface area is 232 Å². The van der Waals surface area contributed by atoms with E-state index in [1.807, 2.05) is 31.2 Å². The summed E-state index contributed by atoms with van der Waals surface area (Å²) in [6.07, 6.45) is 4.88. The van der Waals surface area contributed by atoms with Crippen LogP contribution < -0.4 is 9.47 Å². The number of aliphatic hydroxyl groups excluding tert-OH is 1. The van der Waals surface area contributed by atoms with E-state index in [1.165, 1.54) is 0 Å². The summed E-state index contributed by atoms with van der Waals surface area (Å²) in [5.41, 5.74) is 2.07. The maximum atomic E-state index is 13.4. The SMILES string of the molecule is C=CCOc1ccc(/C(O)=C2\C(=O)C(=O)N(CCN(CC)CC)C2c2ccc(OCCCCC)cc2)c(C)c1. The van der Waals surface area contributed by atoms with E-state index in [9.17, 15) is 14.7 Å². The van der Waals surface area contributed by atoms with Crippen molar-refractivity contribution < 1.29 is 24.2 Å². The van der Waals surface area contributed by atoms with Crippen LogP contribution in [-0.4, -0.2) is 66.0 Å². The van der Waals surface area contributed by atoms with Crippen molar-refractivity contribution in [2.45, 2.75) is 53.0 Å². The number of rotatable bonds is 15. The molecule has 1 atom stereocenters. The molecule has 1 unspecified atom stereocenters. The topological polar surface area (TPSA) is 79.3 Å². The molecule has 1 aliphatic heterocycles. The fourth-order valence-corrected chi connectivity index (χ4v) is 4.83. The number of likely N-dealkylation sites (N-methyl/N-ethyl adjacent to an activating group) is 1. The number of ether oxygens (including phenoxy) is 2. The van der Waals surface area contributed by atoms with Crippen LogP contribution in [0.4, 0.5) is 0 Å². The number of carbonyl (C=O) groups excluding carboxylic acids is 2. The number of ketones is 1. The molecule has 7 heteroatoms. The first-order valence-corrected chi connectivity index (χ1v) is 13.9. The fourth-order valence-electron chi connectivity index (χ4n) is 4.83. The number of amides is 1. The average molecular weight is 535 g/mol. The molecule has 1 heterocycles. The summed E-state index contributed by atoms with van der Waals surface area (Å²) in [6, 6.07) is 12.0. The average Bonchev–Trinajstić information content (AvgIpc) is 3.20. The van der Waals surface area contributed by atoms with Crippen molar-refractivity contribution >= 4 is 17.4 Å². The highest BCUT2D eigenvalue weighted by molar-refractivity contribution is 6.46. The number of aliphatic hydroxyl groups is 1. The van der Waals surface area contributed by atoms with Gasteiger partial charge in [-0.05, 0) is 67.9 Å². The van der Waals surface area contributed by atoms with E-state index in [2.05, 4.69) is 32.3 Å². The zero-order valence-electron chi connectivity index (χ0n) is 23.7. The van der Waals surface area contributed by atoms with E-state index in [4.69, 9.17) is 9.47 Å². The minimum Gasteiger partial charge on any atom is -0.507 e. The first-order valence-electron chi connectivity index (χ1n) is 13.9. The summed E-state index contributed by atoms with van der Waals surface area (Å²) in [5.74, 6) is -0.0903. The molecule has 1 saturated heterocycles. The molecule has 0 aromatic heterocycles. The molecule has 7 nitrogen and oxygen atoms in total. The molecule has 0 bridgehead atoms. The minimum absolute atomic E-state index is 0.0963. The zero-order chi connectivity index (χ0) is 28.4. The molecule has 1 fully saturated rings. The largest absolute Gasteiger partial charge is 0.507 e. The number of likely N-dealkylation sites (tertiary alicyclic amines) is 1. The van der Waals surface area contributed by atoms with Gasteiger partial charge in [-0.2, -0.15) is 0 Å². The highest BCUT2D eigenvalue weighted by Crippen LogP contribution is 2.40. The molecule has 0 radical (unpaired) electrons.